The third kappa shape index (κ3) is 70.5. The molecular weight excluding hydrogens is 1090 g/mol. The minimum absolute atomic E-state index is 0.0301. The van der Waals surface area contributed by atoms with E-state index in [2.05, 4.69) is 86.8 Å². The van der Waals surface area contributed by atoms with Crippen LogP contribution >= 0.6 is 7.82 Å². The summed E-state index contributed by atoms with van der Waals surface area (Å²) in [6.45, 7) is 4.44. The number of hydrogen-bond acceptors (Lipinski definition) is 7. The third-order valence-corrected chi connectivity index (χ3v) is 17.2. The van der Waals surface area contributed by atoms with Crippen LogP contribution in [0, 0.1) is 0 Å². The Morgan fingerprint density at radius 2 is 0.628 bits per heavy atom. The summed E-state index contributed by atoms with van der Waals surface area (Å²) in [5, 5.41) is 0. The molecule has 0 aliphatic carbocycles. The SMILES string of the molecule is CCCCCCC/C=C\C/C=C\C/C=C\CCCCCCCCCCCCCCCCCCCCCCCCCCC(=O)OC(COC(=O)CCCCCCCCCC/C=C\C/C=C\C/C=C\CCCCCCC)COP(=O)(O)OCC[N+](C)(C)C. The molecule has 0 rings (SSSR count). The number of nitrogens with zero attached hydrogens (tertiary/aromatic N) is 1. The first-order chi connectivity index (χ1) is 42.0. The second-order valence-electron chi connectivity index (χ2n) is 26.0. The molecule has 0 aromatic rings. The molecule has 0 radical (unpaired) electrons. The van der Waals surface area contributed by atoms with Crippen LogP contribution in [0.15, 0.2) is 72.9 Å². The Kier molecular flexibility index (Phi) is 64.9. The van der Waals surface area contributed by atoms with Gasteiger partial charge in [-0.1, -0.05) is 318 Å². The standard InChI is InChI=1S/C76H140NO8P/c1-6-8-10-12-14-16-18-20-22-24-26-28-30-31-32-33-34-35-36-37-38-39-40-41-42-43-44-45-47-49-51-53-55-57-59-61-63-65-67-69-76(79)85-74(73-84-86(80,81)83-71-70-77(3,4)5)72-82-75(78)68-66-64-62-60-58-56-54-52-50-48-46-29-27-25-23-21-19-17-15-13-11-9-7-2/h18-21,24-27,30-31,46,48,74H,6-17,22-23,28-29,32-45,47,49-73H2,1-5H3/p+1/b20-18-,21-19-,26-24-,27-25-,31-30-,48-46-. The highest BCUT2D eigenvalue weighted by Gasteiger charge is 2.27. The number of carbonyl (C=O) groups excluding carboxylic acids is 2. The van der Waals surface area contributed by atoms with Gasteiger partial charge in [0.15, 0.2) is 6.10 Å². The van der Waals surface area contributed by atoms with Crippen LogP contribution in [-0.2, 0) is 32.7 Å². The number of allylic oxidation sites excluding steroid dienone is 12. The predicted octanol–water partition coefficient (Wildman–Crippen LogP) is 23.9. The van der Waals surface area contributed by atoms with E-state index in [-0.39, 0.29) is 32.0 Å². The van der Waals surface area contributed by atoms with E-state index >= 15 is 0 Å². The van der Waals surface area contributed by atoms with Gasteiger partial charge in [0, 0.05) is 12.8 Å². The molecule has 86 heavy (non-hydrogen) atoms. The number of quaternary nitrogens is 1. The minimum Gasteiger partial charge on any atom is -0.462 e. The molecular formula is C76H141NO8P+. The Morgan fingerprint density at radius 3 is 0.930 bits per heavy atom. The lowest BCUT2D eigenvalue weighted by Crippen LogP contribution is -2.37. The molecule has 10 heteroatoms. The van der Waals surface area contributed by atoms with E-state index in [4.69, 9.17) is 18.5 Å². The number of esters is 2. The van der Waals surface area contributed by atoms with E-state index in [9.17, 15) is 19.0 Å². The van der Waals surface area contributed by atoms with Crippen molar-refractivity contribution in [2.45, 2.75) is 354 Å². The second-order valence-corrected chi connectivity index (χ2v) is 27.4. The van der Waals surface area contributed by atoms with Crippen molar-refractivity contribution in [1.82, 2.24) is 0 Å². The summed E-state index contributed by atoms with van der Waals surface area (Å²) >= 11 is 0. The molecule has 0 bridgehead atoms. The molecule has 0 aromatic heterocycles. The number of phosphoric acid groups is 1. The number of phosphoric ester groups is 1. The van der Waals surface area contributed by atoms with Crippen molar-refractivity contribution in [2.24, 2.45) is 0 Å². The quantitative estimate of drug-likeness (QED) is 0.0211. The molecule has 0 fully saturated rings. The molecule has 2 atom stereocenters. The van der Waals surface area contributed by atoms with Crippen LogP contribution in [0.4, 0.5) is 0 Å². The van der Waals surface area contributed by atoms with E-state index in [1.54, 1.807) is 0 Å². The maximum atomic E-state index is 12.9. The Labute approximate surface area is 533 Å². The van der Waals surface area contributed by atoms with Crippen LogP contribution in [0.25, 0.3) is 0 Å². The first-order valence-electron chi connectivity index (χ1n) is 36.7. The van der Waals surface area contributed by atoms with Crippen molar-refractivity contribution in [3.8, 4) is 0 Å². The fourth-order valence-electron chi connectivity index (χ4n) is 10.6. The molecule has 0 amide bonds. The van der Waals surface area contributed by atoms with E-state index in [0.29, 0.717) is 17.4 Å². The van der Waals surface area contributed by atoms with Gasteiger partial charge in [-0.2, -0.15) is 0 Å². The Morgan fingerprint density at radius 1 is 0.360 bits per heavy atom. The van der Waals surface area contributed by atoms with Crippen molar-refractivity contribution >= 4 is 19.8 Å². The largest absolute Gasteiger partial charge is 0.472 e. The van der Waals surface area contributed by atoms with Gasteiger partial charge in [-0.15, -0.1) is 0 Å². The highest BCUT2D eigenvalue weighted by Crippen LogP contribution is 2.43. The van der Waals surface area contributed by atoms with Gasteiger partial charge in [0.05, 0.1) is 27.7 Å². The molecule has 0 aliphatic heterocycles. The monoisotopic (exact) mass is 1230 g/mol. The topological polar surface area (TPSA) is 108 Å². The van der Waals surface area contributed by atoms with Crippen LogP contribution in [-0.4, -0.2) is 74.9 Å². The van der Waals surface area contributed by atoms with Crippen LogP contribution in [0.3, 0.4) is 0 Å². The number of likely N-dealkylation sites (N-methyl/N-ethyl adjacent to an activating group) is 1. The molecule has 0 aliphatic rings. The first-order valence-corrected chi connectivity index (χ1v) is 38.2. The second kappa shape index (κ2) is 66.9. The lowest BCUT2D eigenvalue weighted by Gasteiger charge is -2.24. The van der Waals surface area contributed by atoms with Gasteiger partial charge in [-0.3, -0.25) is 18.6 Å². The van der Waals surface area contributed by atoms with Gasteiger partial charge in [-0.05, 0) is 89.9 Å². The normalized spacial score (nSPS) is 13.5. The Balaban J connectivity index is 3.96. The molecule has 0 saturated carbocycles. The van der Waals surface area contributed by atoms with Gasteiger partial charge in [0.1, 0.15) is 19.8 Å². The van der Waals surface area contributed by atoms with Crippen molar-refractivity contribution in [3.05, 3.63) is 72.9 Å². The summed E-state index contributed by atoms with van der Waals surface area (Å²) < 4.78 is 34.7. The maximum Gasteiger partial charge on any atom is 0.472 e. The molecule has 2 unspecified atom stereocenters. The van der Waals surface area contributed by atoms with Gasteiger partial charge in [-0.25, -0.2) is 4.57 Å². The zero-order valence-electron chi connectivity index (χ0n) is 57.3. The fourth-order valence-corrected chi connectivity index (χ4v) is 11.3. The Hall–Kier alpha value is -2.55. The summed E-state index contributed by atoms with van der Waals surface area (Å²) in [6, 6.07) is 0. The number of hydrogen-bond donors (Lipinski definition) is 1. The molecule has 0 aromatic carbocycles. The summed E-state index contributed by atoms with van der Waals surface area (Å²) in [5.41, 5.74) is 0. The molecule has 0 spiro atoms. The smallest absolute Gasteiger partial charge is 0.462 e. The van der Waals surface area contributed by atoms with Gasteiger partial charge in [0.25, 0.3) is 0 Å². The fraction of sp³-hybridized carbons (Fsp3) is 0.816. The lowest BCUT2D eigenvalue weighted by molar-refractivity contribution is -0.870. The van der Waals surface area contributed by atoms with Gasteiger partial charge >= 0.3 is 19.8 Å². The summed E-state index contributed by atoms with van der Waals surface area (Å²) in [6.07, 6.45) is 90.2. The third-order valence-electron chi connectivity index (χ3n) is 16.2. The highest BCUT2D eigenvalue weighted by molar-refractivity contribution is 7.47. The van der Waals surface area contributed by atoms with E-state index in [0.717, 1.165) is 70.6 Å². The van der Waals surface area contributed by atoms with E-state index in [1.165, 1.54) is 244 Å². The highest BCUT2D eigenvalue weighted by atomic mass is 31.2. The number of carbonyl (C=O) groups is 2. The zero-order chi connectivity index (χ0) is 62.6. The lowest BCUT2D eigenvalue weighted by atomic mass is 10.0. The molecule has 0 saturated heterocycles. The average Bonchev–Trinajstić information content (AvgIpc) is 3.56. The average molecular weight is 1230 g/mol. The van der Waals surface area contributed by atoms with Gasteiger partial charge in [0.2, 0.25) is 0 Å². The number of rotatable bonds is 68. The predicted molar refractivity (Wildman–Crippen MR) is 372 cm³/mol. The molecule has 0 heterocycles. The van der Waals surface area contributed by atoms with Gasteiger partial charge < -0.3 is 18.9 Å². The number of unbranched alkanes of at least 4 members (excludes halogenated alkanes) is 42. The molecule has 9 nitrogen and oxygen atoms in total. The summed E-state index contributed by atoms with van der Waals surface area (Å²) in [7, 11) is 1.48. The Bertz CT molecular complexity index is 1680. The van der Waals surface area contributed by atoms with E-state index in [1.807, 2.05) is 21.1 Å². The van der Waals surface area contributed by atoms with Crippen LogP contribution < -0.4 is 0 Å². The zero-order valence-corrected chi connectivity index (χ0v) is 58.2. The van der Waals surface area contributed by atoms with E-state index < -0.39 is 26.5 Å². The van der Waals surface area contributed by atoms with Crippen LogP contribution in [0.2, 0.25) is 0 Å². The van der Waals surface area contributed by atoms with Crippen molar-refractivity contribution in [1.29, 1.82) is 0 Å². The van der Waals surface area contributed by atoms with Crippen LogP contribution in [0.1, 0.15) is 348 Å². The van der Waals surface area contributed by atoms with Crippen LogP contribution in [0.5, 0.6) is 0 Å². The number of ether oxygens (including phenoxy) is 2. The van der Waals surface area contributed by atoms with Crippen molar-refractivity contribution in [3.63, 3.8) is 0 Å². The minimum atomic E-state index is -4.39. The molecule has 1 N–H and O–H groups in total. The van der Waals surface area contributed by atoms with Crippen molar-refractivity contribution in [2.75, 3.05) is 47.5 Å². The van der Waals surface area contributed by atoms with Crippen molar-refractivity contribution < 1.29 is 42.1 Å². The maximum absolute atomic E-state index is 12.9. The first kappa shape index (κ1) is 83.5. The summed E-state index contributed by atoms with van der Waals surface area (Å²) in [4.78, 5) is 35.9. The summed E-state index contributed by atoms with van der Waals surface area (Å²) in [5.74, 6) is -0.792. The molecule has 502 valence electrons.